The Hall–Kier alpha value is -1.95. The number of aryl methyl sites for hydroxylation is 1. The highest BCUT2D eigenvalue weighted by molar-refractivity contribution is 7.99. The van der Waals surface area contributed by atoms with Crippen LogP contribution < -0.4 is 0 Å². The third-order valence-electron chi connectivity index (χ3n) is 3.82. The van der Waals surface area contributed by atoms with Crippen molar-refractivity contribution in [1.29, 1.82) is 0 Å². The van der Waals surface area contributed by atoms with Crippen LogP contribution in [0.1, 0.15) is 12.5 Å². The molecule has 3 rings (SSSR count). The summed E-state index contributed by atoms with van der Waals surface area (Å²) in [5.41, 5.74) is 0.332. The number of nitrogens with zero attached hydrogens (tertiary/aromatic N) is 4. The molecule has 0 spiro atoms. The van der Waals surface area contributed by atoms with Crippen LogP contribution in [0.3, 0.4) is 0 Å². The molecule has 3 heterocycles. The second-order valence-corrected chi connectivity index (χ2v) is 8.21. The molecule has 0 fully saturated rings. The summed E-state index contributed by atoms with van der Waals surface area (Å²) in [4.78, 5) is 12.7. The van der Waals surface area contributed by atoms with Gasteiger partial charge in [-0.15, -0.1) is 11.8 Å². The highest BCUT2D eigenvalue weighted by atomic mass is 32.2. The van der Waals surface area contributed by atoms with Gasteiger partial charge in [-0.2, -0.15) is 26.3 Å². The summed E-state index contributed by atoms with van der Waals surface area (Å²) >= 11 is 1.74. The van der Waals surface area contributed by atoms with E-state index in [1.807, 2.05) is 0 Å². The summed E-state index contributed by atoms with van der Waals surface area (Å²) < 4.78 is 78.0. The van der Waals surface area contributed by atoms with Crippen molar-refractivity contribution in [2.45, 2.75) is 29.2 Å². The number of alkyl halides is 6. The predicted octanol–water partition coefficient (Wildman–Crippen LogP) is 5.82. The Labute approximate surface area is 170 Å². The Bertz CT molecular complexity index is 1030. The van der Waals surface area contributed by atoms with Gasteiger partial charge in [-0.05, 0) is 17.9 Å². The third-order valence-corrected chi connectivity index (χ3v) is 5.72. The van der Waals surface area contributed by atoms with Crippen molar-refractivity contribution in [2.24, 2.45) is 7.05 Å². The molecule has 0 radical (unpaired) electrons. The monoisotopic (exact) mass is 452 g/mol. The summed E-state index contributed by atoms with van der Waals surface area (Å²) in [7, 11) is 1.65. The molecule has 0 aliphatic rings. The van der Waals surface area contributed by atoms with Crippen LogP contribution in [-0.4, -0.2) is 37.2 Å². The molecule has 0 saturated carbocycles. The van der Waals surface area contributed by atoms with Gasteiger partial charge in [0.1, 0.15) is 5.69 Å². The van der Waals surface area contributed by atoms with Crippen LogP contribution in [0.25, 0.3) is 22.6 Å². The Morgan fingerprint density at radius 3 is 2.34 bits per heavy atom. The summed E-state index contributed by atoms with van der Waals surface area (Å²) in [5, 5.41) is 0.156. The lowest BCUT2D eigenvalue weighted by Gasteiger charge is -2.12. The van der Waals surface area contributed by atoms with Crippen molar-refractivity contribution < 1.29 is 26.3 Å². The van der Waals surface area contributed by atoms with E-state index in [9.17, 15) is 26.3 Å². The Balaban J connectivity index is 2.04. The Morgan fingerprint density at radius 1 is 1.00 bits per heavy atom. The minimum absolute atomic E-state index is 0.156. The topological polar surface area (TPSA) is 43.6 Å². The van der Waals surface area contributed by atoms with Gasteiger partial charge in [-0.25, -0.2) is 9.97 Å². The molecule has 4 nitrogen and oxygen atoms in total. The van der Waals surface area contributed by atoms with E-state index in [-0.39, 0.29) is 10.7 Å². The maximum absolute atomic E-state index is 13.0. The number of thioether (sulfide) groups is 2. The van der Waals surface area contributed by atoms with E-state index >= 15 is 0 Å². The maximum Gasteiger partial charge on any atom is 0.417 e. The third kappa shape index (κ3) is 4.97. The molecule has 0 unspecified atom stereocenters. The zero-order chi connectivity index (χ0) is 21.4. The van der Waals surface area contributed by atoms with E-state index in [2.05, 4.69) is 15.0 Å². The lowest BCUT2D eigenvalue weighted by Crippen LogP contribution is -2.10. The molecule has 0 saturated heterocycles. The lowest BCUT2D eigenvalue weighted by atomic mass is 10.2. The SMILES string of the molecule is CCSc1cc(C(F)(F)F)cnc1-c1nc2cc(SCC(F)(F)F)ncc2n1C. The molecule has 0 aliphatic carbocycles. The van der Waals surface area contributed by atoms with Gasteiger partial charge >= 0.3 is 12.4 Å². The highest BCUT2D eigenvalue weighted by Crippen LogP contribution is 2.37. The van der Waals surface area contributed by atoms with Crippen LogP contribution in [-0.2, 0) is 13.2 Å². The second-order valence-electron chi connectivity index (χ2n) is 5.91. The van der Waals surface area contributed by atoms with Gasteiger partial charge in [0.05, 0.1) is 33.6 Å². The van der Waals surface area contributed by atoms with Crippen molar-refractivity contribution in [2.75, 3.05) is 11.5 Å². The quantitative estimate of drug-likeness (QED) is 0.361. The number of pyridine rings is 2. The fraction of sp³-hybridized carbons (Fsp3) is 0.353. The maximum atomic E-state index is 13.0. The summed E-state index contributed by atoms with van der Waals surface area (Å²) in [6, 6.07) is 2.45. The van der Waals surface area contributed by atoms with E-state index in [0.29, 0.717) is 39.3 Å². The van der Waals surface area contributed by atoms with Gasteiger partial charge in [0.25, 0.3) is 0 Å². The molecule has 12 heteroatoms. The first-order chi connectivity index (χ1) is 13.5. The minimum atomic E-state index is -4.52. The van der Waals surface area contributed by atoms with Crippen LogP contribution in [0.2, 0.25) is 0 Å². The van der Waals surface area contributed by atoms with Crippen LogP contribution in [0.15, 0.2) is 34.4 Å². The number of halogens is 6. The van der Waals surface area contributed by atoms with E-state index in [1.165, 1.54) is 24.0 Å². The van der Waals surface area contributed by atoms with E-state index in [0.717, 1.165) is 12.3 Å². The van der Waals surface area contributed by atoms with Crippen LogP contribution >= 0.6 is 23.5 Å². The van der Waals surface area contributed by atoms with Crippen molar-refractivity contribution in [3.05, 3.63) is 30.1 Å². The zero-order valence-electron chi connectivity index (χ0n) is 15.1. The molecular weight excluding hydrogens is 438 g/mol. The summed E-state index contributed by atoms with van der Waals surface area (Å²) in [5.74, 6) is -0.243. The molecule has 156 valence electrons. The van der Waals surface area contributed by atoms with Gasteiger partial charge in [-0.1, -0.05) is 18.7 Å². The molecule has 3 aromatic heterocycles. The van der Waals surface area contributed by atoms with Crippen LogP contribution in [0.5, 0.6) is 0 Å². The van der Waals surface area contributed by atoms with Crippen molar-refractivity contribution in [3.8, 4) is 11.5 Å². The molecule has 0 aromatic carbocycles. The molecule has 0 N–H and O–H groups in total. The van der Waals surface area contributed by atoms with E-state index < -0.39 is 23.7 Å². The molecular formula is C17H14F6N4S2. The molecule has 0 amide bonds. The number of aromatic nitrogens is 4. The number of hydrogen-bond acceptors (Lipinski definition) is 5. The van der Waals surface area contributed by atoms with Crippen LogP contribution in [0.4, 0.5) is 26.3 Å². The fourth-order valence-corrected chi connectivity index (χ4v) is 3.99. The largest absolute Gasteiger partial charge is 0.417 e. The van der Waals surface area contributed by atoms with Crippen molar-refractivity contribution >= 4 is 34.6 Å². The number of imidazole rings is 1. The summed E-state index contributed by atoms with van der Waals surface area (Å²) in [6.45, 7) is 1.80. The highest BCUT2D eigenvalue weighted by Gasteiger charge is 2.32. The van der Waals surface area contributed by atoms with Crippen molar-refractivity contribution in [3.63, 3.8) is 0 Å². The minimum Gasteiger partial charge on any atom is -0.325 e. The van der Waals surface area contributed by atoms with Gasteiger partial charge < -0.3 is 4.57 Å². The summed E-state index contributed by atoms with van der Waals surface area (Å²) in [6.07, 6.45) is -6.71. The lowest BCUT2D eigenvalue weighted by molar-refractivity contribution is -0.138. The standard InChI is InChI=1S/C17H14F6N4S2/c1-3-28-12-4-9(17(21,22)23)6-25-14(12)15-26-10-5-13(29-8-16(18,19)20)24-7-11(10)27(15)2/h4-7H,3,8H2,1-2H3. The van der Waals surface area contributed by atoms with Crippen molar-refractivity contribution in [1.82, 2.24) is 19.5 Å². The van der Waals surface area contributed by atoms with Gasteiger partial charge in [0, 0.05) is 18.1 Å². The smallest absolute Gasteiger partial charge is 0.325 e. The van der Waals surface area contributed by atoms with E-state index in [1.54, 1.807) is 18.5 Å². The average Bonchev–Trinajstić information content (AvgIpc) is 2.95. The zero-order valence-corrected chi connectivity index (χ0v) is 16.7. The normalized spacial score (nSPS) is 12.7. The molecule has 0 bridgehead atoms. The molecule has 0 atom stereocenters. The first-order valence-corrected chi connectivity index (χ1v) is 10.2. The number of fused-ring (bicyclic) bond motifs is 1. The van der Waals surface area contributed by atoms with Gasteiger partial charge in [0.2, 0.25) is 0 Å². The molecule has 3 aromatic rings. The van der Waals surface area contributed by atoms with Gasteiger partial charge in [-0.3, -0.25) is 4.98 Å². The second kappa shape index (κ2) is 8.05. The van der Waals surface area contributed by atoms with Gasteiger partial charge in [0.15, 0.2) is 5.82 Å². The van der Waals surface area contributed by atoms with E-state index in [4.69, 9.17) is 0 Å². The molecule has 29 heavy (non-hydrogen) atoms. The first-order valence-electron chi connectivity index (χ1n) is 8.22. The fourth-order valence-electron chi connectivity index (χ4n) is 2.55. The number of hydrogen-bond donors (Lipinski definition) is 0. The average molecular weight is 452 g/mol. The number of rotatable bonds is 5. The Kier molecular flexibility index (Phi) is 6.04. The first kappa shape index (κ1) is 21.8. The molecule has 0 aliphatic heterocycles. The Morgan fingerprint density at radius 2 is 1.72 bits per heavy atom. The predicted molar refractivity (Wildman–Crippen MR) is 99.9 cm³/mol. The van der Waals surface area contributed by atoms with Crippen LogP contribution in [0, 0.1) is 0 Å².